The second-order valence-corrected chi connectivity index (χ2v) is 8.47. The van der Waals surface area contributed by atoms with Gasteiger partial charge in [0.2, 0.25) is 0 Å². The van der Waals surface area contributed by atoms with E-state index in [-0.39, 0.29) is 17.1 Å². The highest BCUT2D eigenvalue weighted by Crippen LogP contribution is 2.34. The Hall–Kier alpha value is -3.12. The van der Waals surface area contributed by atoms with Gasteiger partial charge in [-0.3, -0.25) is 14.5 Å². The van der Waals surface area contributed by atoms with Crippen LogP contribution in [0.2, 0.25) is 0 Å². The normalized spacial score (nSPS) is 18.6. The number of nitrogens with one attached hydrogen (secondary N) is 1. The fraction of sp³-hybridized carbons (Fsp3) is 0.368. The number of carbonyl (C=O) groups excluding carboxylic acids is 1. The minimum absolute atomic E-state index is 0.0451. The second-order valence-electron chi connectivity index (χ2n) is 7.44. The molecule has 4 heterocycles. The van der Waals surface area contributed by atoms with Gasteiger partial charge in [-0.25, -0.2) is 13.8 Å². The smallest absolute Gasteiger partial charge is 0.277 e. The quantitative estimate of drug-likeness (QED) is 0.559. The number of aromatic nitrogens is 4. The van der Waals surface area contributed by atoms with Crippen molar-refractivity contribution >= 4 is 33.8 Å². The maximum atomic E-state index is 14.3. The molecule has 1 aliphatic heterocycles. The van der Waals surface area contributed by atoms with Gasteiger partial charge in [0.15, 0.2) is 11.5 Å². The predicted octanol–water partition coefficient (Wildman–Crippen LogP) is 2.34. The van der Waals surface area contributed by atoms with E-state index in [1.807, 2.05) is 6.07 Å². The first-order valence-electron chi connectivity index (χ1n) is 9.63. The number of nitrogens with zero attached hydrogens (tertiary/aromatic N) is 5. The third kappa shape index (κ3) is 4.49. The molecule has 0 unspecified atom stereocenters. The molecule has 31 heavy (non-hydrogen) atoms. The summed E-state index contributed by atoms with van der Waals surface area (Å²) in [4.78, 5) is 22.9. The van der Waals surface area contributed by atoms with Crippen LogP contribution in [-0.4, -0.2) is 50.7 Å². The van der Waals surface area contributed by atoms with E-state index in [2.05, 4.69) is 20.4 Å². The fourth-order valence-electron chi connectivity index (χ4n) is 3.58. The van der Waals surface area contributed by atoms with Crippen LogP contribution in [0.4, 0.5) is 25.3 Å². The van der Waals surface area contributed by atoms with Gasteiger partial charge in [0.1, 0.15) is 15.7 Å². The highest BCUT2D eigenvalue weighted by atomic mass is 32.1. The highest BCUT2D eigenvalue weighted by molar-refractivity contribution is 7.19. The van der Waals surface area contributed by atoms with E-state index < -0.39 is 24.4 Å². The van der Waals surface area contributed by atoms with Crippen LogP contribution in [0.1, 0.15) is 23.3 Å². The van der Waals surface area contributed by atoms with Crippen molar-refractivity contribution in [1.29, 1.82) is 0 Å². The number of alkyl halides is 2. The van der Waals surface area contributed by atoms with Crippen molar-refractivity contribution in [2.24, 2.45) is 12.8 Å². The number of rotatable bonds is 4. The Kier molecular flexibility index (Phi) is 5.58. The average Bonchev–Trinajstić information content (AvgIpc) is 3.24. The largest absolute Gasteiger partial charge is 0.389 e. The molecule has 1 saturated heterocycles. The summed E-state index contributed by atoms with van der Waals surface area (Å²) in [6.45, 7) is -0.187. The molecule has 1 atom stereocenters. The number of thiazole rings is 1. The summed E-state index contributed by atoms with van der Waals surface area (Å²) in [6.07, 6.45) is 3.06. The molecule has 1 fully saturated rings. The molecule has 3 aromatic heterocycles. The van der Waals surface area contributed by atoms with Crippen molar-refractivity contribution in [2.75, 3.05) is 29.0 Å². The summed E-state index contributed by atoms with van der Waals surface area (Å²) in [5, 5.41) is 7.59. The average molecular weight is 449 g/mol. The second kappa shape index (κ2) is 8.19. The van der Waals surface area contributed by atoms with Crippen LogP contribution >= 0.6 is 11.3 Å². The van der Waals surface area contributed by atoms with E-state index in [0.29, 0.717) is 35.2 Å². The number of carbonyl (C=O) groups is 1. The number of anilines is 3. The Morgan fingerprint density at radius 3 is 2.94 bits per heavy atom. The molecule has 1 aliphatic rings. The number of nitrogens with two attached hydrogens (primary N) is 2. The van der Waals surface area contributed by atoms with Crippen molar-refractivity contribution in [2.45, 2.75) is 24.8 Å². The van der Waals surface area contributed by atoms with E-state index in [9.17, 15) is 13.6 Å². The van der Waals surface area contributed by atoms with Crippen LogP contribution in [-0.2, 0) is 7.05 Å². The Balaban J connectivity index is 1.59. The van der Waals surface area contributed by atoms with Gasteiger partial charge in [-0.05, 0) is 18.6 Å². The number of hydrogen-bond acceptors (Lipinski definition) is 8. The molecule has 12 heteroatoms. The Morgan fingerprint density at radius 1 is 1.39 bits per heavy atom. The number of pyridine rings is 1. The molecule has 4 rings (SSSR count). The van der Waals surface area contributed by atoms with Gasteiger partial charge >= 0.3 is 0 Å². The summed E-state index contributed by atoms with van der Waals surface area (Å²) >= 11 is 1.15. The predicted molar refractivity (Wildman–Crippen MR) is 115 cm³/mol. The number of nitrogen functional groups attached to an aromatic ring is 1. The lowest BCUT2D eigenvalue weighted by Gasteiger charge is -2.26. The Bertz CT molecular complexity index is 1080. The Labute approximate surface area is 181 Å². The SMILES string of the molecule is Cn1ncc(NC(=O)c2nc(-c3ccccn3)sc2N)c1N1CC[C@H](N)CC(F)(F)C1. The van der Waals surface area contributed by atoms with E-state index in [1.165, 1.54) is 15.8 Å². The van der Waals surface area contributed by atoms with Gasteiger partial charge in [-0.1, -0.05) is 17.4 Å². The zero-order valence-electron chi connectivity index (χ0n) is 16.8. The third-order valence-corrected chi connectivity index (χ3v) is 5.87. The van der Waals surface area contributed by atoms with Crippen molar-refractivity contribution in [3.05, 3.63) is 36.3 Å². The zero-order valence-corrected chi connectivity index (χ0v) is 17.6. The first kappa shape index (κ1) is 21.1. The molecule has 0 spiro atoms. The molecule has 0 aromatic carbocycles. The van der Waals surface area contributed by atoms with Gasteiger partial charge < -0.3 is 21.7 Å². The molecule has 5 N–H and O–H groups in total. The minimum Gasteiger partial charge on any atom is -0.389 e. The first-order valence-corrected chi connectivity index (χ1v) is 10.4. The lowest BCUT2D eigenvalue weighted by molar-refractivity contribution is -0.000526. The summed E-state index contributed by atoms with van der Waals surface area (Å²) in [5.74, 6) is -3.12. The fourth-order valence-corrected chi connectivity index (χ4v) is 4.39. The standard InChI is InChI=1S/C19H22F2N8OS/c1-28-18(29-7-5-11(22)8-19(20,21)10-29)13(9-25-28)26-16(30)14-15(23)31-17(27-14)12-4-2-3-6-24-12/h2-4,6,9,11H,5,7-8,10,22-23H2,1H3,(H,26,30)/t11-/m0/s1. The summed E-state index contributed by atoms with van der Waals surface area (Å²) < 4.78 is 30.0. The third-order valence-electron chi connectivity index (χ3n) is 4.96. The van der Waals surface area contributed by atoms with Crippen LogP contribution in [0, 0.1) is 0 Å². The topological polar surface area (TPSA) is 128 Å². The highest BCUT2D eigenvalue weighted by Gasteiger charge is 2.38. The summed E-state index contributed by atoms with van der Waals surface area (Å²) in [6, 6.07) is 4.76. The monoisotopic (exact) mass is 448 g/mol. The summed E-state index contributed by atoms with van der Waals surface area (Å²) in [5.41, 5.74) is 12.8. The van der Waals surface area contributed by atoms with Crippen molar-refractivity contribution < 1.29 is 13.6 Å². The molecular formula is C19H22F2N8OS. The maximum absolute atomic E-state index is 14.3. The number of halogens is 2. The maximum Gasteiger partial charge on any atom is 0.277 e. The van der Waals surface area contributed by atoms with Gasteiger partial charge in [-0.15, -0.1) is 0 Å². The van der Waals surface area contributed by atoms with Gasteiger partial charge in [0.25, 0.3) is 11.8 Å². The molecule has 3 aromatic rings. The summed E-state index contributed by atoms with van der Waals surface area (Å²) in [7, 11) is 1.63. The van der Waals surface area contributed by atoms with Gasteiger partial charge in [0.05, 0.1) is 18.4 Å². The van der Waals surface area contributed by atoms with E-state index in [0.717, 1.165) is 11.3 Å². The van der Waals surface area contributed by atoms with Crippen LogP contribution in [0.25, 0.3) is 10.7 Å². The van der Waals surface area contributed by atoms with Crippen LogP contribution in [0.5, 0.6) is 0 Å². The number of hydrogen-bond donors (Lipinski definition) is 3. The number of amides is 1. The molecule has 9 nitrogen and oxygen atoms in total. The number of aryl methyl sites for hydroxylation is 1. The van der Waals surface area contributed by atoms with Crippen molar-refractivity contribution in [3.63, 3.8) is 0 Å². The van der Waals surface area contributed by atoms with Crippen LogP contribution in [0.3, 0.4) is 0 Å². The first-order chi connectivity index (χ1) is 14.7. The van der Waals surface area contributed by atoms with Gasteiger partial charge in [-0.2, -0.15) is 5.10 Å². The van der Waals surface area contributed by atoms with Crippen LogP contribution < -0.4 is 21.7 Å². The van der Waals surface area contributed by atoms with E-state index in [1.54, 1.807) is 25.4 Å². The molecule has 164 valence electrons. The zero-order chi connectivity index (χ0) is 22.2. The minimum atomic E-state index is -2.95. The lowest BCUT2D eigenvalue weighted by atomic mass is 10.1. The van der Waals surface area contributed by atoms with Crippen LogP contribution in [0.15, 0.2) is 30.6 Å². The van der Waals surface area contributed by atoms with E-state index in [4.69, 9.17) is 11.5 Å². The Morgan fingerprint density at radius 2 is 2.19 bits per heavy atom. The molecular weight excluding hydrogens is 426 g/mol. The molecule has 0 saturated carbocycles. The lowest BCUT2D eigenvalue weighted by Crippen LogP contribution is -2.37. The van der Waals surface area contributed by atoms with E-state index >= 15 is 0 Å². The molecule has 0 radical (unpaired) electrons. The molecule has 0 bridgehead atoms. The molecule has 0 aliphatic carbocycles. The van der Waals surface area contributed by atoms with Crippen molar-refractivity contribution in [1.82, 2.24) is 19.7 Å². The van der Waals surface area contributed by atoms with Crippen molar-refractivity contribution in [3.8, 4) is 10.7 Å². The molecule has 1 amide bonds. The van der Waals surface area contributed by atoms with Gasteiger partial charge in [0, 0.05) is 32.3 Å².